The van der Waals surface area contributed by atoms with Crippen molar-refractivity contribution in [1.29, 1.82) is 0 Å². The summed E-state index contributed by atoms with van der Waals surface area (Å²) in [6.45, 7) is 2.74. The molecule has 1 aromatic rings. The van der Waals surface area contributed by atoms with E-state index in [1.807, 2.05) is 7.05 Å². The van der Waals surface area contributed by atoms with Crippen LogP contribution in [0.4, 0.5) is 0 Å². The van der Waals surface area contributed by atoms with Gasteiger partial charge in [0.25, 0.3) is 0 Å². The Morgan fingerprint density at radius 3 is 2.94 bits per heavy atom. The number of aromatic nitrogens is 2. The molecule has 1 atom stereocenters. The van der Waals surface area contributed by atoms with Gasteiger partial charge in [-0.1, -0.05) is 0 Å². The molecule has 1 aromatic heterocycles. The van der Waals surface area contributed by atoms with Gasteiger partial charge in [0.15, 0.2) is 0 Å². The molecule has 1 aliphatic rings. The lowest BCUT2D eigenvalue weighted by Crippen LogP contribution is -2.31. The SMILES string of the molecule is CC(C1CC1)N(C)Cc1ncncc1C(=O)O. The van der Waals surface area contributed by atoms with Gasteiger partial charge in [-0.25, -0.2) is 14.8 Å². The predicted octanol–water partition coefficient (Wildman–Crippen LogP) is 1.41. The maximum Gasteiger partial charge on any atom is 0.339 e. The van der Waals surface area contributed by atoms with Crippen molar-refractivity contribution < 1.29 is 9.90 Å². The first-order chi connectivity index (χ1) is 8.09. The van der Waals surface area contributed by atoms with Crippen LogP contribution in [0.25, 0.3) is 0 Å². The summed E-state index contributed by atoms with van der Waals surface area (Å²) in [4.78, 5) is 21.0. The maximum atomic E-state index is 11.0. The largest absolute Gasteiger partial charge is 0.478 e. The molecular weight excluding hydrogens is 218 g/mol. The van der Waals surface area contributed by atoms with Gasteiger partial charge < -0.3 is 5.11 Å². The molecule has 1 heterocycles. The van der Waals surface area contributed by atoms with Crippen molar-refractivity contribution in [3.05, 3.63) is 23.8 Å². The minimum absolute atomic E-state index is 0.197. The summed E-state index contributed by atoms with van der Waals surface area (Å²) in [5.74, 6) is -0.205. The van der Waals surface area contributed by atoms with Gasteiger partial charge in [-0.3, -0.25) is 4.90 Å². The number of carbonyl (C=O) groups is 1. The van der Waals surface area contributed by atoms with Crippen molar-refractivity contribution in [2.24, 2.45) is 5.92 Å². The first kappa shape index (κ1) is 12.0. The van der Waals surface area contributed by atoms with Crippen molar-refractivity contribution >= 4 is 5.97 Å². The number of carboxylic acids is 1. The number of nitrogens with zero attached hydrogens (tertiary/aromatic N) is 3. The van der Waals surface area contributed by atoms with E-state index in [9.17, 15) is 4.79 Å². The van der Waals surface area contributed by atoms with Crippen LogP contribution in [0.1, 0.15) is 35.8 Å². The molecule has 92 valence electrons. The molecule has 0 saturated heterocycles. The molecule has 0 amide bonds. The smallest absolute Gasteiger partial charge is 0.339 e. The van der Waals surface area contributed by atoms with Gasteiger partial charge in [-0.15, -0.1) is 0 Å². The second-order valence-electron chi connectivity index (χ2n) is 4.68. The third-order valence-corrected chi connectivity index (χ3v) is 3.42. The van der Waals surface area contributed by atoms with E-state index in [4.69, 9.17) is 5.11 Å². The predicted molar refractivity (Wildman–Crippen MR) is 62.6 cm³/mol. The second kappa shape index (κ2) is 4.79. The molecule has 5 nitrogen and oxygen atoms in total. The zero-order valence-electron chi connectivity index (χ0n) is 10.1. The summed E-state index contributed by atoms with van der Waals surface area (Å²) in [7, 11) is 2.01. The highest BCUT2D eigenvalue weighted by molar-refractivity contribution is 5.88. The fourth-order valence-electron chi connectivity index (χ4n) is 1.98. The topological polar surface area (TPSA) is 66.3 Å². The quantitative estimate of drug-likeness (QED) is 0.835. The van der Waals surface area contributed by atoms with E-state index in [1.54, 1.807) is 0 Å². The number of hydrogen-bond donors (Lipinski definition) is 1. The molecule has 1 aliphatic carbocycles. The van der Waals surface area contributed by atoms with Gasteiger partial charge in [0.2, 0.25) is 0 Å². The monoisotopic (exact) mass is 235 g/mol. The lowest BCUT2D eigenvalue weighted by molar-refractivity contribution is 0.0692. The van der Waals surface area contributed by atoms with E-state index in [2.05, 4.69) is 21.8 Å². The van der Waals surface area contributed by atoms with E-state index < -0.39 is 5.97 Å². The molecular formula is C12H17N3O2. The molecule has 0 radical (unpaired) electrons. The molecule has 17 heavy (non-hydrogen) atoms. The van der Waals surface area contributed by atoms with Gasteiger partial charge >= 0.3 is 5.97 Å². The van der Waals surface area contributed by atoms with Gasteiger partial charge in [-0.05, 0) is 32.7 Å². The summed E-state index contributed by atoms with van der Waals surface area (Å²) in [6, 6.07) is 0.478. The van der Waals surface area contributed by atoms with Crippen LogP contribution in [-0.2, 0) is 6.54 Å². The lowest BCUT2D eigenvalue weighted by atomic mass is 10.1. The Balaban J connectivity index is 2.09. The van der Waals surface area contributed by atoms with Crippen molar-refractivity contribution in [1.82, 2.24) is 14.9 Å². The fraction of sp³-hybridized carbons (Fsp3) is 0.583. The zero-order chi connectivity index (χ0) is 12.4. The standard InChI is InChI=1S/C12H17N3O2/c1-8(9-3-4-9)15(2)6-11-10(12(16)17)5-13-7-14-11/h5,7-9H,3-4,6H2,1-2H3,(H,16,17). The average molecular weight is 235 g/mol. The highest BCUT2D eigenvalue weighted by Crippen LogP contribution is 2.35. The summed E-state index contributed by atoms with van der Waals surface area (Å²) in [5, 5.41) is 9.04. The van der Waals surface area contributed by atoms with E-state index >= 15 is 0 Å². The summed E-state index contributed by atoms with van der Waals surface area (Å²) in [5.41, 5.74) is 0.782. The Labute approximate surface area is 100 Å². The highest BCUT2D eigenvalue weighted by atomic mass is 16.4. The molecule has 0 bridgehead atoms. The molecule has 2 rings (SSSR count). The molecule has 1 N–H and O–H groups in total. The normalized spacial score (nSPS) is 17.1. The van der Waals surface area contributed by atoms with E-state index in [-0.39, 0.29) is 5.56 Å². The van der Waals surface area contributed by atoms with E-state index in [0.29, 0.717) is 18.3 Å². The summed E-state index contributed by atoms with van der Waals surface area (Å²) >= 11 is 0. The van der Waals surface area contributed by atoms with Crippen molar-refractivity contribution in [2.45, 2.75) is 32.4 Å². The fourth-order valence-corrected chi connectivity index (χ4v) is 1.98. The van der Waals surface area contributed by atoms with Crippen LogP contribution in [0.2, 0.25) is 0 Å². The molecule has 1 fully saturated rings. The van der Waals surface area contributed by atoms with Gasteiger partial charge in [0, 0.05) is 18.8 Å². The minimum atomic E-state index is -0.965. The molecule has 0 spiro atoms. The Morgan fingerprint density at radius 2 is 2.35 bits per heavy atom. The van der Waals surface area contributed by atoms with Gasteiger partial charge in [0.1, 0.15) is 11.9 Å². The van der Waals surface area contributed by atoms with Crippen LogP contribution in [0.3, 0.4) is 0 Å². The van der Waals surface area contributed by atoms with Crippen LogP contribution in [0.5, 0.6) is 0 Å². The van der Waals surface area contributed by atoms with Crippen molar-refractivity contribution in [2.75, 3.05) is 7.05 Å². The first-order valence-electron chi connectivity index (χ1n) is 5.82. The molecule has 1 saturated carbocycles. The maximum absolute atomic E-state index is 11.0. The lowest BCUT2D eigenvalue weighted by Gasteiger charge is -2.24. The number of hydrogen-bond acceptors (Lipinski definition) is 4. The van der Waals surface area contributed by atoms with Crippen molar-refractivity contribution in [3.8, 4) is 0 Å². The Morgan fingerprint density at radius 1 is 1.65 bits per heavy atom. The van der Waals surface area contributed by atoms with Crippen molar-refractivity contribution in [3.63, 3.8) is 0 Å². The number of carboxylic acid groups (broad SMARTS) is 1. The third-order valence-electron chi connectivity index (χ3n) is 3.42. The van der Waals surface area contributed by atoms with Gasteiger partial charge in [-0.2, -0.15) is 0 Å². The van der Waals surface area contributed by atoms with Crippen LogP contribution in [0, 0.1) is 5.92 Å². The first-order valence-corrected chi connectivity index (χ1v) is 5.82. The summed E-state index contributed by atoms with van der Waals surface area (Å²) in [6.07, 6.45) is 5.32. The zero-order valence-corrected chi connectivity index (χ0v) is 10.1. The molecule has 1 unspecified atom stereocenters. The minimum Gasteiger partial charge on any atom is -0.478 e. The Bertz CT molecular complexity index is 418. The van der Waals surface area contributed by atoms with Crippen LogP contribution < -0.4 is 0 Å². The van der Waals surface area contributed by atoms with Crippen LogP contribution in [-0.4, -0.2) is 39.0 Å². The molecule has 0 aromatic carbocycles. The average Bonchev–Trinajstić information content (AvgIpc) is 3.12. The van der Waals surface area contributed by atoms with E-state index in [0.717, 1.165) is 5.92 Å². The van der Waals surface area contributed by atoms with E-state index in [1.165, 1.54) is 25.4 Å². The third kappa shape index (κ3) is 2.79. The molecule has 5 heteroatoms. The highest BCUT2D eigenvalue weighted by Gasteiger charge is 2.30. The number of aromatic carboxylic acids is 1. The Hall–Kier alpha value is -1.49. The molecule has 0 aliphatic heterocycles. The Kier molecular flexibility index (Phi) is 3.38. The summed E-state index contributed by atoms with van der Waals surface area (Å²) < 4.78 is 0. The van der Waals surface area contributed by atoms with Crippen LogP contribution >= 0.6 is 0 Å². The number of rotatable bonds is 5. The van der Waals surface area contributed by atoms with Gasteiger partial charge in [0.05, 0.1) is 5.69 Å². The second-order valence-corrected chi connectivity index (χ2v) is 4.68. The van der Waals surface area contributed by atoms with Crippen LogP contribution in [0.15, 0.2) is 12.5 Å².